The fourth-order valence-electron chi connectivity index (χ4n) is 2.23. The molecule has 0 fully saturated rings. The van der Waals surface area contributed by atoms with E-state index >= 15 is 0 Å². The molecular formula is C19H24N2O2S. The van der Waals surface area contributed by atoms with Gasteiger partial charge in [-0.25, -0.2) is 4.79 Å². The first-order valence-electron chi connectivity index (χ1n) is 7.99. The second-order valence-electron chi connectivity index (χ2n) is 5.45. The van der Waals surface area contributed by atoms with Crippen LogP contribution in [0.5, 0.6) is 5.75 Å². The van der Waals surface area contributed by atoms with Gasteiger partial charge in [-0.3, -0.25) is 0 Å². The number of thioether (sulfide) groups is 1. The fraction of sp³-hybridized carbons (Fsp3) is 0.316. The summed E-state index contributed by atoms with van der Waals surface area (Å²) in [7, 11) is 3.44. The molecule has 24 heavy (non-hydrogen) atoms. The Morgan fingerprint density at radius 3 is 2.71 bits per heavy atom. The fourth-order valence-corrected chi connectivity index (χ4v) is 3.10. The molecule has 4 nitrogen and oxygen atoms in total. The van der Waals surface area contributed by atoms with Gasteiger partial charge >= 0.3 is 6.03 Å². The maximum atomic E-state index is 12.1. The molecule has 2 amide bonds. The molecule has 0 bridgehead atoms. The lowest BCUT2D eigenvalue weighted by Gasteiger charge is -2.18. The molecule has 0 aliphatic carbocycles. The molecule has 0 saturated heterocycles. The number of hydrogen-bond acceptors (Lipinski definition) is 3. The van der Waals surface area contributed by atoms with E-state index in [1.54, 1.807) is 19.1 Å². The van der Waals surface area contributed by atoms with Crippen molar-refractivity contribution in [3.8, 4) is 5.75 Å². The molecular weight excluding hydrogens is 320 g/mol. The lowest BCUT2D eigenvalue weighted by molar-refractivity contribution is 0.207. The Labute approximate surface area is 148 Å². The van der Waals surface area contributed by atoms with E-state index in [1.807, 2.05) is 54.2 Å². The summed E-state index contributed by atoms with van der Waals surface area (Å²) >= 11 is 1.81. The highest BCUT2D eigenvalue weighted by atomic mass is 32.2. The number of urea groups is 1. The van der Waals surface area contributed by atoms with Crippen LogP contribution in [-0.2, 0) is 6.54 Å². The van der Waals surface area contributed by atoms with E-state index < -0.39 is 0 Å². The first kappa shape index (κ1) is 18.2. The molecule has 0 aromatic heterocycles. The molecule has 0 unspecified atom stereocenters. The normalized spacial score (nSPS) is 10.2. The van der Waals surface area contributed by atoms with Gasteiger partial charge in [0.15, 0.2) is 0 Å². The summed E-state index contributed by atoms with van der Waals surface area (Å²) in [4.78, 5) is 15.1. The zero-order valence-corrected chi connectivity index (χ0v) is 15.0. The smallest absolute Gasteiger partial charge is 0.317 e. The van der Waals surface area contributed by atoms with E-state index in [-0.39, 0.29) is 6.03 Å². The van der Waals surface area contributed by atoms with Crippen molar-refractivity contribution in [2.24, 2.45) is 0 Å². The van der Waals surface area contributed by atoms with Crippen molar-refractivity contribution in [1.29, 1.82) is 0 Å². The summed E-state index contributed by atoms with van der Waals surface area (Å²) in [6.07, 6.45) is 0.943. The van der Waals surface area contributed by atoms with Crippen molar-refractivity contribution < 1.29 is 9.53 Å². The van der Waals surface area contributed by atoms with Crippen molar-refractivity contribution in [1.82, 2.24) is 10.2 Å². The summed E-state index contributed by atoms with van der Waals surface area (Å²) in [5.41, 5.74) is 1.05. The van der Waals surface area contributed by atoms with Gasteiger partial charge in [0, 0.05) is 25.0 Å². The average molecular weight is 344 g/mol. The maximum absolute atomic E-state index is 12.1. The molecule has 1 N–H and O–H groups in total. The molecule has 0 heterocycles. The number of ether oxygens (including phenoxy) is 1. The Hall–Kier alpha value is -2.14. The maximum Gasteiger partial charge on any atom is 0.317 e. The van der Waals surface area contributed by atoms with E-state index in [1.165, 1.54) is 4.90 Å². The van der Waals surface area contributed by atoms with Crippen LogP contribution in [0.3, 0.4) is 0 Å². The number of nitrogens with zero attached hydrogens (tertiary/aromatic N) is 1. The minimum Gasteiger partial charge on any atom is -0.497 e. The van der Waals surface area contributed by atoms with Gasteiger partial charge in [-0.2, -0.15) is 0 Å². The molecule has 2 rings (SSSR count). The second kappa shape index (κ2) is 9.88. The Bertz CT molecular complexity index is 634. The largest absolute Gasteiger partial charge is 0.497 e. The molecule has 2 aromatic rings. The number of carbonyl (C=O) groups excluding carboxylic acids is 1. The van der Waals surface area contributed by atoms with Crippen LogP contribution in [0.1, 0.15) is 12.0 Å². The molecule has 0 saturated carbocycles. The van der Waals surface area contributed by atoms with Gasteiger partial charge in [-0.05, 0) is 42.0 Å². The van der Waals surface area contributed by atoms with Crippen molar-refractivity contribution >= 4 is 17.8 Å². The van der Waals surface area contributed by atoms with Crippen LogP contribution < -0.4 is 10.1 Å². The summed E-state index contributed by atoms with van der Waals surface area (Å²) < 4.78 is 5.20. The second-order valence-corrected chi connectivity index (χ2v) is 6.62. The number of methoxy groups -OCH3 is 1. The molecule has 128 valence electrons. The third kappa shape index (κ3) is 6.16. The third-order valence-electron chi connectivity index (χ3n) is 3.51. The molecule has 0 aliphatic rings. The quantitative estimate of drug-likeness (QED) is 0.581. The zero-order chi connectivity index (χ0) is 17.2. The summed E-state index contributed by atoms with van der Waals surface area (Å²) in [6, 6.07) is 18.0. The van der Waals surface area contributed by atoms with E-state index in [2.05, 4.69) is 17.4 Å². The lowest BCUT2D eigenvalue weighted by atomic mass is 10.2. The minimum atomic E-state index is -0.0532. The van der Waals surface area contributed by atoms with E-state index in [0.717, 1.165) is 23.5 Å². The molecule has 0 aliphatic heterocycles. The standard InChI is InChI=1S/C19H24N2O2S/c1-21(15-16-8-6-9-17(14-16)23-2)19(22)20-12-7-13-24-18-10-4-3-5-11-18/h3-6,8-11,14H,7,12-13,15H2,1-2H3,(H,20,22). The predicted octanol–water partition coefficient (Wildman–Crippen LogP) is 4.02. The van der Waals surface area contributed by atoms with Crippen LogP contribution in [0, 0.1) is 0 Å². The van der Waals surface area contributed by atoms with Crippen LogP contribution in [0.4, 0.5) is 4.79 Å². The molecule has 5 heteroatoms. The Morgan fingerprint density at radius 1 is 1.17 bits per heavy atom. The van der Waals surface area contributed by atoms with Gasteiger partial charge in [-0.1, -0.05) is 30.3 Å². The van der Waals surface area contributed by atoms with Gasteiger partial charge < -0.3 is 15.0 Å². The first-order valence-corrected chi connectivity index (χ1v) is 8.97. The average Bonchev–Trinajstić information content (AvgIpc) is 2.62. The molecule has 0 spiro atoms. The number of hydrogen-bond donors (Lipinski definition) is 1. The zero-order valence-electron chi connectivity index (χ0n) is 14.2. The summed E-state index contributed by atoms with van der Waals surface area (Å²) in [5, 5.41) is 2.96. The van der Waals surface area contributed by atoms with Gasteiger partial charge in [0.25, 0.3) is 0 Å². The van der Waals surface area contributed by atoms with E-state index in [0.29, 0.717) is 13.1 Å². The van der Waals surface area contributed by atoms with E-state index in [9.17, 15) is 4.79 Å². The van der Waals surface area contributed by atoms with Crippen LogP contribution >= 0.6 is 11.8 Å². The van der Waals surface area contributed by atoms with Gasteiger partial charge in [0.1, 0.15) is 5.75 Å². The number of benzene rings is 2. The van der Waals surface area contributed by atoms with Gasteiger partial charge in [-0.15, -0.1) is 11.8 Å². The van der Waals surface area contributed by atoms with Crippen LogP contribution in [0.15, 0.2) is 59.5 Å². The Kier molecular flexibility index (Phi) is 7.49. The predicted molar refractivity (Wildman–Crippen MR) is 99.6 cm³/mol. The number of carbonyl (C=O) groups is 1. The SMILES string of the molecule is COc1cccc(CN(C)C(=O)NCCCSc2ccccc2)c1. The Morgan fingerprint density at radius 2 is 1.96 bits per heavy atom. The van der Waals surface area contributed by atoms with Crippen molar-refractivity contribution in [3.63, 3.8) is 0 Å². The highest BCUT2D eigenvalue weighted by molar-refractivity contribution is 7.99. The molecule has 0 atom stereocenters. The molecule has 2 aromatic carbocycles. The van der Waals surface area contributed by atoms with Gasteiger partial charge in [0.2, 0.25) is 0 Å². The van der Waals surface area contributed by atoms with Crippen LogP contribution in [-0.4, -0.2) is 37.4 Å². The number of rotatable bonds is 8. The number of amides is 2. The van der Waals surface area contributed by atoms with Crippen LogP contribution in [0.25, 0.3) is 0 Å². The third-order valence-corrected chi connectivity index (χ3v) is 4.61. The monoisotopic (exact) mass is 344 g/mol. The van der Waals surface area contributed by atoms with Gasteiger partial charge in [0.05, 0.1) is 7.11 Å². The number of nitrogens with one attached hydrogen (secondary N) is 1. The highest BCUT2D eigenvalue weighted by Gasteiger charge is 2.08. The Balaban J connectivity index is 1.66. The molecule has 0 radical (unpaired) electrons. The van der Waals surface area contributed by atoms with Crippen molar-refractivity contribution in [3.05, 3.63) is 60.2 Å². The topological polar surface area (TPSA) is 41.6 Å². The van der Waals surface area contributed by atoms with Crippen LogP contribution in [0.2, 0.25) is 0 Å². The minimum absolute atomic E-state index is 0.0532. The van der Waals surface area contributed by atoms with Crippen molar-refractivity contribution in [2.45, 2.75) is 17.9 Å². The first-order chi connectivity index (χ1) is 11.7. The summed E-state index contributed by atoms with van der Waals surface area (Å²) in [5.74, 6) is 1.79. The lowest BCUT2D eigenvalue weighted by Crippen LogP contribution is -2.37. The van der Waals surface area contributed by atoms with Crippen molar-refractivity contribution in [2.75, 3.05) is 26.5 Å². The summed E-state index contributed by atoms with van der Waals surface area (Å²) in [6.45, 7) is 1.24. The van der Waals surface area contributed by atoms with E-state index in [4.69, 9.17) is 4.74 Å². The highest BCUT2D eigenvalue weighted by Crippen LogP contribution is 2.17.